The van der Waals surface area contributed by atoms with E-state index in [0.717, 1.165) is 38.7 Å². The van der Waals surface area contributed by atoms with Crippen LogP contribution in [0.4, 0.5) is 5.95 Å². The molecular weight excluding hydrogens is 468 g/mol. The Labute approximate surface area is 206 Å². The number of fused-ring (bicyclic) bond motifs is 2. The number of hydrogen-bond acceptors (Lipinski definition) is 6. The highest BCUT2D eigenvalue weighted by Crippen LogP contribution is 2.33. The molecule has 0 aliphatic rings. The van der Waals surface area contributed by atoms with Gasteiger partial charge in [-0.15, -0.1) is 11.3 Å². The van der Waals surface area contributed by atoms with E-state index in [0.29, 0.717) is 18.2 Å². The first-order valence-electron chi connectivity index (χ1n) is 11.0. The second-order valence-electron chi connectivity index (χ2n) is 8.16. The summed E-state index contributed by atoms with van der Waals surface area (Å²) >= 11 is 7.98. The lowest BCUT2D eigenvalue weighted by molar-refractivity contribution is -0.142. The fourth-order valence-electron chi connectivity index (χ4n) is 4.26. The molecule has 0 aliphatic carbocycles. The molecule has 0 amide bonds. The average molecular weight is 491 g/mol. The molecule has 0 fully saturated rings. The summed E-state index contributed by atoms with van der Waals surface area (Å²) in [6.07, 6.45) is 3.99. The van der Waals surface area contributed by atoms with Crippen molar-refractivity contribution in [3.05, 3.63) is 75.9 Å². The minimum absolute atomic E-state index is 0.215. The number of rotatable bonds is 6. The third-order valence-electron chi connectivity index (χ3n) is 5.83. The quantitative estimate of drug-likeness (QED) is 0.295. The molecule has 0 saturated carbocycles. The Morgan fingerprint density at radius 3 is 2.85 bits per heavy atom. The third-order valence-corrected chi connectivity index (χ3v) is 7.07. The van der Waals surface area contributed by atoms with Gasteiger partial charge < -0.3 is 15.0 Å². The number of nitrogens with two attached hydrogens (primary N) is 1. The van der Waals surface area contributed by atoms with Gasteiger partial charge in [0.1, 0.15) is 0 Å². The van der Waals surface area contributed by atoms with E-state index in [1.54, 1.807) is 17.5 Å². The molecule has 5 aromatic rings. The van der Waals surface area contributed by atoms with Gasteiger partial charge in [0.25, 0.3) is 0 Å². The summed E-state index contributed by atoms with van der Waals surface area (Å²) in [5.74, 6) is -0.00138. The monoisotopic (exact) mass is 490 g/mol. The lowest BCUT2D eigenvalue weighted by atomic mass is 10.0. The Morgan fingerprint density at radius 1 is 1.18 bits per heavy atom. The number of aromatic nitrogens is 3. The minimum atomic E-state index is -0.238. The van der Waals surface area contributed by atoms with Crippen LogP contribution in [0.15, 0.2) is 54.2 Å². The predicted octanol–water partition coefficient (Wildman–Crippen LogP) is 6.01. The summed E-state index contributed by atoms with van der Waals surface area (Å²) < 4.78 is 8.58. The van der Waals surface area contributed by atoms with E-state index in [1.807, 2.05) is 50.4 Å². The van der Waals surface area contributed by atoms with Gasteiger partial charge >= 0.3 is 5.97 Å². The molecule has 0 bridgehead atoms. The van der Waals surface area contributed by atoms with Gasteiger partial charge in [0.15, 0.2) is 0 Å². The molecule has 0 spiro atoms. The molecule has 0 atom stereocenters. The maximum Gasteiger partial charge on any atom is 0.310 e. The zero-order valence-corrected chi connectivity index (χ0v) is 20.4. The first kappa shape index (κ1) is 22.4. The van der Waals surface area contributed by atoms with Gasteiger partial charge in [0.05, 0.1) is 18.7 Å². The van der Waals surface area contributed by atoms with Gasteiger partial charge in [-0.05, 0) is 65.6 Å². The third kappa shape index (κ3) is 4.24. The van der Waals surface area contributed by atoms with Gasteiger partial charge in [-0.25, -0.2) is 9.97 Å². The number of hydrogen-bond donors (Lipinski definition) is 1. The normalized spacial score (nSPS) is 11.4. The predicted molar refractivity (Wildman–Crippen MR) is 138 cm³/mol. The van der Waals surface area contributed by atoms with Crippen molar-refractivity contribution >= 4 is 55.8 Å². The molecule has 0 saturated heterocycles. The zero-order chi connectivity index (χ0) is 23.8. The number of halogens is 1. The van der Waals surface area contributed by atoms with Crippen LogP contribution >= 0.6 is 22.9 Å². The number of aryl methyl sites for hydroxylation is 1. The summed E-state index contributed by atoms with van der Waals surface area (Å²) in [6, 6.07) is 12.1. The topological polar surface area (TPSA) is 83.0 Å². The van der Waals surface area contributed by atoms with E-state index in [1.165, 1.54) is 10.3 Å². The van der Waals surface area contributed by atoms with E-state index in [-0.39, 0.29) is 18.3 Å². The van der Waals surface area contributed by atoms with Crippen molar-refractivity contribution in [3.8, 4) is 11.3 Å². The molecule has 2 aromatic carbocycles. The summed E-state index contributed by atoms with van der Waals surface area (Å²) in [5.41, 5.74) is 11.7. The molecule has 8 heteroatoms. The van der Waals surface area contributed by atoms with Gasteiger partial charge in [0, 0.05) is 45.1 Å². The smallest absolute Gasteiger partial charge is 0.310 e. The first-order chi connectivity index (χ1) is 16.4. The highest BCUT2D eigenvalue weighted by molar-refractivity contribution is 7.17. The van der Waals surface area contributed by atoms with Crippen LogP contribution in [0.2, 0.25) is 5.02 Å². The lowest BCUT2D eigenvalue weighted by Gasteiger charge is -2.09. The van der Waals surface area contributed by atoms with Crippen molar-refractivity contribution in [2.24, 2.45) is 0 Å². The van der Waals surface area contributed by atoms with Crippen LogP contribution < -0.4 is 5.73 Å². The van der Waals surface area contributed by atoms with Crippen LogP contribution in [0.25, 0.3) is 32.2 Å². The Kier molecular flexibility index (Phi) is 5.98. The molecule has 3 heterocycles. The molecule has 5 rings (SSSR count). The number of nitrogen functional groups attached to an aromatic ring is 1. The number of thiophene rings is 1. The van der Waals surface area contributed by atoms with E-state index in [9.17, 15) is 4.79 Å². The van der Waals surface area contributed by atoms with Crippen LogP contribution in [-0.4, -0.2) is 27.1 Å². The molecule has 0 unspecified atom stereocenters. The van der Waals surface area contributed by atoms with Crippen LogP contribution in [0.5, 0.6) is 0 Å². The second-order valence-corrected chi connectivity index (χ2v) is 9.50. The zero-order valence-electron chi connectivity index (χ0n) is 18.8. The maximum atomic E-state index is 12.3. The van der Waals surface area contributed by atoms with Crippen molar-refractivity contribution in [1.82, 2.24) is 14.5 Å². The molecule has 6 nitrogen and oxygen atoms in total. The van der Waals surface area contributed by atoms with Crippen LogP contribution in [0.1, 0.15) is 23.6 Å². The van der Waals surface area contributed by atoms with E-state index in [4.69, 9.17) is 22.1 Å². The van der Waals surface area contributed by atoms with Crippen molar-refractivity contribution in [2.45, 2.75) is 26.8 Å². The largest absolute Gasteiger partial charge is 0.466 e. The average Bonchev–Trinajstić information content (AvgIpc) is 3.36. The van der Waals surface area contributed by atoms with Crippen molar-refractivity contribution in [2.75, 3.05) is 12.3 Å². The molecule has 2 N–H and O–H groups in total. The molecule has 172 valence electrons. The molecule has 0 aliphatic heterocycles. The second kappa shape index (κ2) is 9.08. The first-order valence-corrected chi connectivity index (χ1v) is 12.2. The minimum Gasteiger partial charge on any atom is -0.466 e. The van der Waals surface area contributed by atoms with Gasteiger partial charge in [0.2, 0.25) is 5.95 Å². The Hall–Kier alpha value is -3.42. The Balaban J connectivity index is 1.64. The van der Waals surface area contributed by atoms with Gasteiger partial charge in [-0.3, -0.25) is 4.79 Å². The van der Waals surface area contributed by atoms with Crippen molar-refractivity contribution in [3.63, 3.8) is 0 Å². The van der Waals surface area contributed by atoms with E-state index in [2.05, 4.69) is 26.0 Å². The number of carbonyl (C=O) groups is 1. The highest BCUT2D eigenvalue weighted by Gasteiger charge is 2.16. The van der Waals surface area contributed by atoms with Crippen molar-refractivity contribution < 1.29 is 9.53 Å². The summed E-state index contributed by atoms with van der Waals surface area (Å²) in [5, 5.41) is 5.03. The fourth-order valence-corrected chi connectivity index (χ4v) is 5.37. The van der Waals surface area contributed by atoms with Crippen LogP contribution in [-0.2, 0) is 22.5 Å². The van der Waals surface area contributed by atoms with Gasteiger partial charge in [-0.2, -0.15) is 0 Å². The fraction of sp³-hybridized carbons (Fsp3) is 0.192. The maximum absolute atomic E-state index is 12.3. The number of anilines is 1. The Bertz CT molecular complexity index is 1540. The molecule has 0 radical (unpaired) electrons. The number of carbonyl (C=O) groups excluding carboxylic acids is 1. The van der Waals surface area contributed by atoms with E-state index < -0.39 is 0 Å². The number of ether oxygens (including phenoxy) is 1. The summed E-state index contributed by atoms with van der Waals surface area (Å²) in [4.78, 5) is 20.8. The summed E-state index contributed by atoms with van der Waals surface area (Å²) in [6.45, 7) is 4.78. The number of benzene rings is 2. The summed E-state index contributed by atoms with van der Waals surface area (Å²) in [7, 11) is 0. The SMILES string of the molecule is CCOC(=O)Cc1cn(Cc2csc3ccc(Cl)cc23)c2cc(-c3nc(N)ncc3C)ccc12. The van der Waals surface area contributed by atoms with Crippen LogP contribution in [0.3, 0.4) is 0 Å². The molecule has 34 heavy (non-hydrogen) atoms. The number of esters is 1. The van der Waals surface area contributed by atoms with Crippen LogP contribution in [0, 0.1) is 6.92 Å². The highest BCUT2D eigenvalue weighted by atomic mass is 35.5. The van der Waals surface area contributed by atoms with Crippen molar-refractivity contribution in [1.29, 1.82) is 0 Å². The standard InChI is InChI=1S/C26H23ClN4O2S/c1-3-33-24(32)9-17-12-31(13-18-14-34-23-7-5-19(27)10-21(18)23)22-8-16(4-6-20(17)22)25-15(2)11-29-26(28)30-25/h4-8,10-12,14H,3,9,13H2,1-2H3,(H2,28,29,30). The lowest BCUT2D eigenvalue weighted by Crippen LogP contribution is -2.07. The van der Waals surface area contributed by atoms with Gasteiger partial charge in [-0.1, -0.05) is 23.7 Å². The Morgan fingerprint density at radius 2 is 2.03 bits per heavy atom. The molecule has 3 aromatic heterocycles. The number of nitrogens with zero attached hydrogens (tertiary/aromatic N) is 3. The van der Waals surface area contributed by atoms with E-state index >= 15 is 0 Å². The molecular formula is C26H23ClN4O2S.